The van der Waals surface area contributed by atoms with E-state index in [1.165, 1.54) is 49.7 Å². The Morgan fingerprint density at radius 2 is 1.75 bits per heavy atom. The fourth-order valence-electron chi connectivity index (χ4n) is 2.45. The van der Waals surface area contributed by atoms with Crippen LogP contribution in [0.1, 0.15) is 20.7 Å². The van der Waals surface area contributed by atoms with Crippen LogP contribution in [0.25, 0.3) is 0 Å². The van der Waals surface area contributed by atoms with Crippen molar-refractivity contribution >= 4 is 34.8 Å². The highest BCUT2D eigenvalue weighted by molar-refractivity contribution is 6.29. The molecule has 0 atom stereocenters. The molecule has 28 heavy (non-hydrogen) atoms. The lowest BCUT2D eigenvalue weighted by molar-refractivity contribution is 0.101. The van der Waals surface area contributed by atoms with E-state index in [1.807, 2.05) is 0 Å². The van der Waals surface area contributed by atoms with Crippen molar-refractivity contribution in [3.63, 3.8) is 0 Å². The van der Waals surface area contributed by atoms with Crippen LogP contribution in [0.15, 0.2) is 60.8 Å². The molecule has 0 fully saturated rings. The van der Waals surface area contributed by atoms with Gasteiger partial charge in [0.05, 0.1) is 12.8 Å². The van der Waals surface area contributed by atoms with Crippen LogP contribution >= 0.6 is 11.6 Å². The number of nitrogens with one attached hydrogen (secondary N) is 2. The van der Waals surface area contributed by atoms with Crippen molar-refractivity contribution in [1.29, 1.82) is 0 Å². The van der Waals surface area contributed by atoms with Crippen molar-refractivity contribution in [3.8, 4) is 5.75 Å². The van der Waals surface area contributed by atoms with E-state index in [9.17, 15) is 14.0 Å². The zero-order chi connectivity index (χ0) is 20.1. The predicted molar refractivity (Wildman–Crippen MR) is 105 cm³/mol. The van der Waals surface area contributed by atoms with Gasteiger partial charge >= 0.3 is 0 Å². The normalized spacial score (nSPS) is 10.2. The minimum atomic E-state index is -0.517. The number of pyridine rings is 1. The standard InChI is InChI=1S/C20H15ClFN3O3/c1-28-17-6-5-15(24-19(26)13-7-8-23-18(21)10-13)11-16(17)25-20(27)12-3-2-4-14(22)9-12/h2-11H,1H3,(H,24,26)(H,25,27). The molecule has 0 radical (unpaired) electrons. The maximum atomic E-state index is 13.3. The lowest BCUT2D eigenvalue weighted by Gasteiger charge is -2.13. The third-order valence-electron chi connectivity index (χ3n) is 3.78. The number of hydrogen-bond donors (Lipinski definition) is 2. The summed E-state index contributed by atoms with van der Waals surface area (Å²) in [6, 6.07) is 13.0. The molecule has 2 amide bonds. The van der Waals surface area contributed by atoms with Crippen LogP contribution < -0.4 is 15.4 Å². The fourth-order valence-corrected chi connectivity index (χ4v) is 2.63. The van der Waals surface area contributed by atoms with Crippen molar-refractivity contribution in [2.75, 3.05) is 17.7 Å². The molecule has 0 spiro atoms. The zero-order valence-electron chi connectivity index (χ0n) is 14.7. The summed E-state index contributed by atoms with van der Waals surface area (Å²) in [6.07, 6.45) is 1.43. The van der Waals surface area contributed by atoms with E-state index in [1.54, 1.807) is 12.1 Å². The number of anilines is 2. The summed E-state index contributed by atoms with van der Waals surface area (Å²) in [5, 5.41) is 5.56. The number of benzene rings is 2. The van der Waals surface area contributed by atoms with E-state index < -0.39 is 17.6 Å². The van der Waals surface area contributed by atoms with Gasteiger partial charge in [-0.15, -0.1) is 0 Å². The first-order valence-corrected chi connectivity index (χ1v) is 8.52. The van der Waals surface area contributed by atoms with Crippen LogP contribution in [-0.4, -0.2) is 23.9 Å². The van der Waals surface area contributed by atoms with Gasteiger partial charge in [0, 0.05) is 23.0 Å². The van der Waals surface area contributed by atoms with Gasteiger partial charge in [-0.25, -0.2) is 9.37 Å². The minimum Gasteiger partial charge on any atom is -0.495 e. The predicted octanol–water partition coefficient (Wildman–Crippen LogP) is 4.39. The van der Waals surface area contributed by atoms with Gasteiger partial charge in [-0.2, -0.15) is 0 Å². The molecule has 0 aliphatic carbocycles. The minimum absolute atomic E-state index is 0.155. The highest BCUT2D eigenvalue weighted by Gasteiger charge is 2.13. The average Bonchev–Trinajstić information content (AvgIpc) is 2.68. The van der Waals surface area contributed by atoms with Crippen LogP contribution in [0, 0.1) is 5.82 Å². The lowest BCUT2D eigenvalue weighted by atomic mass is 10.2. The van der Waals surface area contributed by atoms with Crippen molar-refractivity contribution in [3.05, 3.63) is 82.9 Å². The Labute approximate surface area is 165 Å². The van der Waals surface area contributed by atoms with Gasteiger partial charge in [0.2, 0.25) is 0 Å². The Hall–Kier alpha value is -3.45. The molecule has 8 heteroatoms. The molecule has 0 aliphatic heterocycles. The zero-order valence-corrected chi connectivity index (χ0v) is 15.5. The number of carbonyl (C=O) groups is 2. The Bertz CT molecular complexity index is 1040. The fraction of sp³-hybridized carbons (Fsp3) is 0.0500. The smallest absolute Gasteiger partial charge is 0.255 e. The summed E-state index contributed by atoms with van der Waals surface area (Å²) in [5.41, 5.74) is 1.24. The number of halogens is 2. The van der Waals surface area contributed by atoms with E-state index in [4.69, 9.17) is 16.3 Å². The number of hydrogen-bond acceptors (Lipinski definition) is 4. The number of methoxy groups -OCH3 is 1. The molecule has 142 valence electrons. The van der Waals surface area contributed by atoms with Crippen molar-refractivity contribution in [2.24, 2.45) is 0 Å². The van der Waals surface area contributed by atoms with E-state index >= 15 is 0 Å². The van der Waals surface area contributed by atoms with E-state index in [0.717, 1.165) is 6.07 Å². The number of nitrogens with zero attached hydrogens (tertiary/aromatic N) is 1. The van der Waals surface area contributed by atoms with Crippen LogP contribution in [0.4, 0.5) is 15.8 Å². The Balaban J connectivity index is 1.81. The number of aromatic nitrogens is 1. The molecule has 0 bridgehead atoms. The second kappa shape index (κ2) is 8.49. The third-order valence-corrected chi connectivity index (χ3v) is 3.99. The molecule has 1 aromatic heterocycles. The van der Waals surface area contributed by atoms with Gasteiger partial charge in [0.1, 0.15) is 16.7 Å². The van der Waals surface area contributed by atoms with Gasteiger partial charge in [-0.05, 0) is 48.5 Å². The highest BCUT2D eigenvalue weighted by atomic mass is 35.5. The van der Waals surface area contributed by atoms with Gasteiger partial charge in [0.25, 0.3) is 11.8 Å². The molecule has 2 aromatic carbocycles. The van der Waals surface area contributed by atoms with Crippen LogP contribution in [0.5, 0.6) is 5.75 Å². The van der Waals surface area contributed by atoms with Crippen LogP contribution in [0.3, 0.4) is 0 Å². The van der Waals surface area contributed by atoms with Crippen molar-refractivity contribution in [1.82, 2.24) is 4.98 Å². The summed E-state index contributed by atoms with van der Waals surface area (Å²) in [5.74, 6) is -1.04. The summed E-state index contributed by atoms with van der Waals surface area (Å²) in [4.78, 5) is 28.6. The summed E-state index contributed by atoms with van der Waals surface area (Å²) >= 11 is 5.80. The molecule has 0 aliphatic rings. The first-order valence-electron chi connectivity index (χ1n) is 8.14. The molecule has 1 heterocycles. The topological polar surface area (TPSA) is 80.3 Å². The Kier molecular flexibility index (Phi) is 5.86. The number of amides is 2. The first-order chi connectivity index (χ1) is 13.5. The second-order valence-electron chi connectivity index (χ2n) is 5.70. The average molecular weight is 400 g/mol. The van der Waals surface area contributed by atoms with E-state index in [-0.39, 0.29) is 10.7 Å². The van der Waals surface area contributed by atoms with Gasteiger partial charge < -0.3 is 15.4 Å². The molecule has 3 aromatic rings. The van der Waals surface area contributed by atoms with Gasteiger partial charge in [-0.1, -0.05) is 17.7 Å². The number of rotatable bonds is 5. The molecular weight excluding hydrogens is 385 g/mol. The third kappa shape index (κ3) is 4.63. The molecule has 0 saturated heterocycles. The maximum absolute atomic E-state index is 13.3. The Morgan fingerprint density at radius 3 is 2.46 bits per heavy atom. The van der Waals surface area contributed by atoms with Gasteiger partial charge in [0.15, 0.2) is 0 Å². The van der Waals surface area contributed by atoms with Crippen molar-refractivity contribution < 1.29 is 18.7 Å². The van der Waals surface area contributed by atoms with Crippen LogP contribution in [0.2, 0.25) is 5.15 Å². The van der Waals surface area contributed by atoms with Gasteiger partial charge in [-0.3, -0.25) is 9.59 Å². The van der Waals surface area contributed by atoms with Crippen molar-refractivity contribution in [2.45, 2.75) is 0 Å². The molecular formula is C20H15ClFN3O3. The molecule has 3 rings (SSSR count). The number of ether oxygens (including phenoxy) is 1. The maximum Gasteiger partial charge on any atom is 0.255 e. The van der Waals surface area contributed by atoms with Crippen LogP contribution in [-0.2, 0) is 0 Å². The van der Waals surface area contributed by atoms with E-state index in [2.05, 4.69) is 15.6 Å². The summed E-state index contributed by atoms with van der Waals surface area (Å²) < 4.78 is 18.6. The quantitative estimate of drug-likeness (QED) is 0.623. The second-order valence-corrected chi connectivity index (χ2v) is 6.09. The Morgan fingerprint density at radius 1 is 1.00 bits per heavy atom. The largest absolute Gasteiger partial charge is 0.495 e. The number of carbonyl (C=O) groups excluding carboxylic acids is 2. The van der Waals surface area contributed by atoms with E-state index in [0.29, 0.717) is 22.7 Å². The molecule has 2 N–H and O–H groups in total. The first kappa shape index (κ1) is 19.3. The monoisotopic (exact) mass is 399 g/mol. The lowest BCUT2D eigenvalue weighted by Crippen LogP contribution is -2.15. The summed E-state index contributed by atoms with van der Waals surface area (Å²) in [6.45, 7) is 0. The summed E-state index contributed by atoms with van der Waals surface area (Å²) in [7, 11) is 1.45. The highest BCUT2D eigenvalue weighted by Crippen LogP contribution is 2.28. The SMILES string of the molecule is COc1ccc(NC(=O)c2ccnc(Cl)c2)cc1NC(=O)c1cccc(F)c1. The molecule has 6 nitrogen and oxygen atoms in total. The molecule has 0 unspecified atom stereocenters. The molecule has 0 saturated carbocycles.